The number of anilines is 1. The van der Waals surface area contributed by atoms with E-state index in [2.05, 4.69) is 32.0 Å². The summed E-state index contributed by atoms with van der Waals surface area (Å²) in [5.74, 6) is 0.804. The van der Waals surface area contributed by atoms with Crippen molar-refractivity contribution in [1.29, 1.82) is 0 Å². The molecule has 0 amide bonds. The predicted molar refractivity (Wildman–Crippen MR) is 130 cm³/mol. The first kappa shape index (κ1) is 25.1. The van der Waals surface area contributed by atoms with Gasteiger partial charge in [0.1, 0.15) is 5.69 Å². The summed E-state index contributed by atoms with van der Waals surface area (Å²) in [6.07, 6.45) is -0.559. The van der Waals surface area contributed by atoms with Crippen LogP contribution in [-0.4, -0.2) is 112 Å². The zero-order valence-corrected chi connectivity index (χ0v) is 20.2. The average molecular weight is 475 g/mol. The molecular formula is C25H38N4O5. The van der Waals surface area contributed by atoms with Crippen LogP contribution in [0.1, 0.15) is 12.5 Å². The van der Waals surface area contributed by atoms with E-state index >= 15 is 0 Å². The molecule has 9 heteroatoms. The van der Waals surface area contributed by atoms with Gasteiger partial charge < -0.3 is 28.7 Å². The molecule has 2 fully saturated rings. The third-order valence-electron chi connectivity index (χ3n) is 6.31. The van der Waals surface area contributed by atoms with E-state index in [9.17, 15) is 5.11 Å². The van der Waals surface area contributed by atoms with Crippen LogP contribution in [0.3, 0.4) is 0 Å². The van der Waals surface area contributed by atoms with Crippen molar-refractivity contribution in [3.63, 3.8) is 0 Å². The Morgan fingerprint density at radius 3 is 2.47 bits per heavy atom. The van der Waals surface area contributed by atoms with Gasteiger partial charge in [-0.1, -0.05) is 35.5 Å². The molecule has 9 nitrogen and oxygen atoms in total. The molecule has 2 aliphatic rings. The highest BCUT2D eigenvalue weighted by molar-refractivity contribution is 5.68. The van der Waals surface area contributed by atoms with E-state index in [1.165, 1.54) is 0 Å². The lowest BCUT2D eigenvalue weighted by molar-refractivity contribution is 0.00987. The normalized spacial score (nSPS) is 18.5. The van der Waals surface area contributed by atoms with Crippen LogP contribution in [0.15, 0.2) is 34.9 Å². The zero-order valence-electron chi connectivity index (χ0n) is 20.2. The predicted octanol–water partition coefficient (Wildman–Crippen LogP) is 1.71. The molecule has 2 aliphatic heterocycles. The molecule has 0 spiro atoms. The van der Waals surface area contributed by atoms with E-state index in [0.29, 0.717) is 39.5 Å². The summed E-state index contributed by atoms with van der Waals surface area (Å²) in [6.45, 7) is 12.1. The zero-order chi connectivity index (χ0) is 23.6. The summed E-state index contributed by atoms with van der Waals surface area (Å²) in [7, 11) is 0. The van der Waals surface area contributed by atoms with E-state index in [1.54, 1.807) is 0 Å². The number of aromatic nitrogens is 1. The summed E-state index contributed by atoms with van der Waals surface area (Å²) in [4.78, 5) is 6.93. The van der Waals surface area contributed by atoms with Gasteiger partial charge in [-0.05, 0) is 6.92 Å². The van der Waals surface area contributed by atoms with Gasteiger partial charge in [0, 0.05) is 64.5 Å². The monoisotopic (exact) mass is 474 g/mol. The number of hydrogen-bond acceptors (Lipinski definition) is 9. The minimum Gasteiger partial charge on any atom is -0.389 e. The molecule has 4 rings (SSSR count). The van der Waals surface area contributed by atoms with Gasteiger partial charge in [0.15, 0.2) is 0 Å². The second kappa shape index (κ2) is 13.2. The number of hydrogen-bond donors (Lipinski definition) is 1. The number of benzene rings is 1. The van der Waals surface area contributed by atoms with Gasteiger partial charge in [-0.15, -0.1) is 0 Å². The fourth-order valence-corrected chi connectivity index (χ4v) is 4.45. The smallest absolute Gasteiger partial charge is 0.232 e. The number of ether oxygens (including phenoxy) is 3. The number of aliphatic hydroxyl groups excluding tert-OH is 1. The molecule has 3 heterocycles. The molecule has 2 saturated heterocycles. The largest absolute Gasteiger partial charge is 0.389 e. The number of morpholine rings is 2. The van der Waals surface area contributed by atoms with E-state index < -0.39 is 6.10 Å². The van der Waals surface area contributed by atoms with Crippen LogP contribution in [0.5, 0.6) is 0 Å². The fourth-order valence-electron chi connectivity index (χ4n) is 4.45. The van der Waals surface area contributed by atoms with Gasteiger partial charge in [-0.2, -0.15) is 0 Å². The molecule has 0 bridgehead atoms. The van der Waals surface area contributed by atoms with Gasteiger partial charge >= 0.3 is 0 Å². The van der Waals surface area contributed by atoms with E-state index in [-0.39, 0.29) is 0 Å². The SMILES string of the molecule is CCOCC(O)CN(CCN1CCOCC1)Cc1c(-c2ccccc2)noc1N1CCOCC1. The van der Waals surface area contributed by atoms with Crippen LogP contribution in [0, 0.1) is 0 Å². The molecule has 1 unspecified atom stereocenters. The first-order valence-corrected chi connectivity index (χ1v) is 12.4. The third-order valence-corrected chi connectivity index (χ3v) is 6.31. The van der Waals surface area contributed by atoms with Crippen LogP contribution in [0.25, 0.3) is 11.3 Å². The highest BCUT2D eigenvalue weighted by Gasteiger charge is 2.26. The minimum atomic E-state index is -0.559. The van der Waals surface area contributed by atoms with Crippen molar-refractivity contribution in [2.45, 2.75) is 19.6 Å². The summed E-state index contributed by atoms with van der Waals surface area (Å²) in [6, 6.07) is 10.2. The summed E-state index contributed by atoms with van der Waals surface area (Å²) in [5.41, 5.74) is 2.94. The van der Waals surface area contributed by atoms with E-state index in [4.69, 9.17) is 18.7 Å². The second-order valence-corrected chi connectivity index (χ2v) is 8.78. The molecule has 2 aromatic rings. The van der Waals surface area contributed by atoms with Crippen molar-refractivity contribution < 1.29 is 23.8 Å². The molecule has 0 saturated carbocycles. The lowest BCUT2D eigenvalue weighted by Gasteiger charge is -2.32. The quantitative estimate of drug-likeness (QED) is 0.494. The molecule has 188 valence electrons. The molecular weight excluding hydrogens is 436 g/mol. The maximum Gasteiger partial charge on any atom is 0.232 e. The Labute approximate surface area is 202 Å². The first-order chi connectivity index (χ1) is 16.7. The van der Waals surface area contributed by atoms with Crippen molar-refractivity contribution in [2.24, 2.45) is 0 Å². The van der Waals surface area contributed by atoms with Crippen LogP contribution >= 0.6 is 0 Å². The summed E-state index contributed by atoms with van der Waals surface area (Å²) in [5, 5.41) is 15.1. The van der Waals surface area contributed by atoms with E-state index in [0.717, 1.165) is 75.2 Å². The van der Waals surface area contributed by atoms with Crippen LogP contribution in [-0.2, 0) is 20.8 Å². The van der Waals surface area contributed by atoms with Gasteiger partial charge in [0.2, 0.25) is 5.88 Å². The first-order valence-electron chi connectivity index (χ1n) is 12.4. The van der Waals surface area contributed by atoms with Crippen molar-refractivity contribution in [3.8, 4) is 11.3 Å². The molecule has 1 atom stereocenters. The average Bonchev–Trinajstić information content (AvgIpc) is 3.31. The van der Waals surface area contributed by atoms with Gasteiger partial charge in [0.25, 0.3) is 0 Å². The summed E-state index contributed by atoms with van der Waals surface area (Å²) >= 11 is 0. The number of nitrogens with zero attached hydrogens (tertiary/aromatic N) is 4. The van der Waals surface area contributed by atoms with Crippen molar-refractivity contribution >= 4 is 5.88 Å². The van der Waals surface area contributed by atoms with Crippen LogP contribution in [0.2, 0.25) is 0 Å². The molecule has 0 radical (unpaired) electrons. The Kier molecular flexibility index (Phi) is 9.73. The molecule has 1 aromatic heterocycles. The standard InChI is InChI=1S/C25H38N4O5/c1-2-31-20-22(30)18-28(9-8-27-10-14-32-15-11-27)19-23-24(21-6-4-3-5-7-21)26-34-25(23)29-12-16-33-17-13-29/h3-7,22,30H,2,8-20H2,1H3. The highest BCUT2D eigenvalue weighted by Crippen LogP contribution is 2.33. The van der Waals surface area contributed by atoms with Crippen LogP contribution in [0.4, 0.5) is 5.88 Å². The second-order valence-electron chi connectivity index (χ2n) is 8.78. The lowest BCUT2D eigenvalue weighted by Crippen LogP contribution is -2.43. The lowest BCUT2D eigenvalue weighted by atomic mass is 10.1. The van der Waals surface area contributed by atoms with Gasteiger partial charge in [0.05, 0.1) is 44.7 Å². The maximum absolute atomic E-state index is 10.7. The topological polar surface area (TPSA) is 83.7 Å². The van der Waals surface area contributed by atoms with Crippen molar-refractivity contribution in [3.05, 3.63) is 35.9 Å². The maximum atomic E-state index is 10.7. The Balaban J connectivity index is 1.56. The Bertz CT molecular complexity index is 837. The van der Waals surface area contributed by atoms with Crippen molar-refractivity contribution in [1.82, 2.24) is 15.0 Å². The highest BCUT2D eigenvalue weighted by atomic mass is 16.5. The molecule has 1 aromatic carbocycles. The van der Waals surface area contributed by atoms with Crippen molar-refractivity contribution in [2.75, 3.05) is 90.4 Å². The number of aliphatic hydroxyl groups is 1. The van der Waals surface area contributed by atoms with Gasteiger partial charge in [-0.3, -0.25) is 9.80 Å². The molecule has 1 N–H and O–H groups in total. The minimum absolute atomic E-state index is 0.329. The van der Waals surface area contributed by atoms with E-state index in [1.807, 2.05) is 25.1 Å². The molecule has 34 heavy (non-hydrogen) atoms. The summed E-state index contributed by atoms with van der Waals surface area (Å²) < 4.78 is 22.5. The van der Waals surface area contributed by atoms with Gasteiger partial charge in [-0.25, -0.2) is 0 Å². The Morgan fingerprint density at radius 1 is 1.06 bits per heavy atom. The Morgan fingerprint density at radius 2 is 1.76 bits per heavy atom. The Hall–Kier alpha value is -2.01. The fraction of sp³-hybridized carbons (Fsp3) is 0.640. The number of rotatable bonds is 12. The van der Waals surface area contributed by atoms with Crippen LogP contribution < -0.4 is 4.90 Å². The molecule has 0 aliphatic carbocycles. The third kappa shape index (κ3) is 7.00.